The largest absolute Gasteiger partial charge is 0.325 e. The number of nitrogens with one attached hydrogen (secondary N) is 2. The molecule has 2 aromatic carbocycles. The molecule has 0 radical (unpaired) electrons. The van der Waals surface area contributed by atoms with Crippen LogP contribution in [0.1, 0.15) is 18.5 Å². The fraction of sp³-hybridized carbons (Fsp3) is 0.188. The highest BCUT2D eigenvalue weighted by atomic mass is 19.2. The molecule has 0 bridgehead atoms. The third-order valence-corrected chi connectivity index (χ3v) is 3.07. The smallest absolute Gasteiger partial charge is 0.238 e. The van der Waals surface area contributed by atoms with Crippen LogP contribution in [0.15, 0.2) is 48.5 Å². The van der Waals surface area contributed by atoms with Crippen LogP contribution in [-0.2, 0) is 4.79 Å². The summed E-state index contributed by atoms with van der Waals surface area (Å²) >= 11 is 0. The minimum Gasteiger partial charge on any atom is -0.325 e. The van der Waals surface area contributed by atoms with Gasteiger partial charge in [0.15, 0.2) is 11.6 Å². The Hall–Kier alpha value is -2.27. The summed E-state index contributed by atoms with van der Waals surface area (Å²) in [6.07, 6.45) is 0. The lowest BCUT2D eigenvalue weighted by Crippen LogP contribution is -2.30. The maximum Gasteiger partial charge on any atom is 0.238 e. The Morgan fingerprint density at radius 2 is 1.81 bits per heavy atom. The van der Waals surface area contributed by atoms with Gasteiger partial charge in [-0.25, -0.2) is 8.78 Å². The third kappa shape index (κ3) is 4.36. The Bertz CT molecular complexity index is 617. The summed E-state index contributed by atoms with van der Waals surface area (Å²) in [5, 5.41) is 5.57. The number of halogens is 2. The van der Waals surface area contributed by atoms with Crippen LogP contribution >= 0.6 is 0 Å². The number of carbonyl (C=O) groups excluding carboxylic acids is 1. The predicted molar refractivity (Wildman–Crippen MR) is 77.8 cm³/mol. The zero-order valence-corrected chi connectivity index (χ0v) is 11.6. The number of amides is 1. The van der Waals surface area contributed by atoms with E-state index in [9.17, 15) is 13.6 Å². The molecule has 0 spiro atoms. The molecule has 0 saturated heterocycles. The number of anilines is 1. The molecule has 2 N–H and O–H groups in total. The van der Waals surface area contributed by atoms with Gasteiger partial charge >= 0.3 is 0 Å². The van der Waals surface area contributed by atoms with E-state index in [1.54, 1.807) is 0 Å². The normalized spacial score (nSPS) is 12.0. The van der Waals surface area contributed by atoms with E-state index in [0.29, 0.717) is 0 Å². The monoisotopic (exact) mass is 290 g/mol. The Morgan fingerprint density at radius 3 is 2.48 bits per heavy atom. The molecule has 0 unspecified atom stereocenters. The summed E-state index contributed by atoms with van der Waals surface area (Å²) < 4.78 is 25.8. The molecule has 3 nitrogen and oxygen atoms in total. The third-order valence-electron chi connectivity index (χ3n) is 3.07. The van der Waals surface area contributed by atoms with Crippen molar-refractivity contribution >= 4 is 11.6 Å². The van der Waals surface area contributed by atoms with Crippen molar-refractivity contribution in [2.75, 3.05) is 11.9 Å². The first-order chi connectivity index (χ1) is 10.1. The number of rotatable bonds is 5. The van der Waals surface area contributed by atoms with Crippen LogP contribution in [0.5, 0.6) is 0 Å². The van der Waals surface area contributed by atoms with Gasteiger partial charge in [-0.3, -0.25) is 4.79 Å². The van der Waals surface area contributed by atoms with E-state index in [0.717, 1.165) is 17.7 Å². The van der Waals surface area contributed by atoms with Crippen LogP contribution in [-0.4, -0.2) is 12.5 Å². The van der Waals surface area contributed by atoms with Crippen LogP contribution in [0.4, 0.5) is 14.5 Å². The summed E-state index contributed by atoms with van der Waals surface area (Å²) in [6, 6.07) is 13.0. The summed E-state index contributed by atoms with van der Waals surface area (Å²) in [4.78, 5) is 11.8. The fourth-order valence-electron chi connectivity index (χ4n) is 1.88. The van der Waals surface area contributed by atoms with Crippen molar-refractivity contribution in [2.24, 2.45) is 0 Å². The second-order valence-electron chi connectivity index (χ2n) is 4.69. The van der Waals surface area contributed by atoms with Gasteiger partial charge in [0.2, 0.25) is 5.91 Å². The summed E-state index contributed by atoms with van der Waals surface area (Å²) in [7, 11) is 0. The first-order valence-electron chi connectivity index (χ1n) is 6.59. The van der Waals surface area contributed by atoms with Gasteiger partial charge in [-0.05, 0) is 24.6 Å². The average molecular weight is 290 g/mol. The summed E-state index contributed by atoms with van der Waals surface area (Å²) in [6.45, 7) is 2.02. The van der Waals surface area contributed by atoms with Gasteiger partial charge in [0.25, 0.3) is 0 Å². The molecule has 0 aliphatic rings. The number of hydrogen-bond acceptors (Lipinski definition) is 2. The second kappa shape index (κ2) is 6.95. The Balaban J connectivity index is 1.86. The van der Waals surface area contributed by atoms with Crippen molar-refractivity contribution < 1.29 is 13.6 Å². The van der Waals surface area contributed by atoms with E-state index in [1.165, 1.54) is 6.07 Å². The molecule has 0 heterocycles. The van der Waals surface area contributed by atoms with E-state index in [1.807, 2.05) is 37.3 Å². The molecule has 2 aromatic rings. The highest BCUT2D eigenvalue weighted by molar-refractivity contribution is 5.92. The van der Waals surface area contributed by atoms with E-state index >= 15 is 0 Å². The molecule has 110 valence electrons. The van der Waals surface area contributed by atoms with Crippen LogP contribution in [0.2, 0.25) is 0 Å². The van der Waals surface area contributed by atoms with Crippen molar-refractivity contribution in [3.05, 3.63) is 65.7 Å². The zero-order chi connectivity index (χ0) is 15.2. The van der Waals surface area contributed by atoms with Crippen LogP contribution in [0.25, 0.3) is 0 Å². The predicted octanol–water partition coefficient (Wildman–Crippen LogP) is 3.25. The Kier molecular flexibility index (Phi) is 5.00. The molecule has 0 aliphatic carbocycles. The molecule has 21 heavy (non-hydrogen) atoms. The fourth-order valence-corrected chi connectivity index (χ4v) is 1.88. The van der Waals surface area contributed by atoms with Gasteiger partial charge in [-0.15, -0.1) is 0 Å². The Morgan fingerprint density at radius 1 is 1.10 bits per heavy atom. The minimum atomic E-state index is -0.988. The maximum atomic E-state index is 13.0. The molecule has 1 amide bonds. The average Bonchev–Trinajstić information content (AvgIpc) is 2.49. The van der Waals surface area contributed by atoms with Crippen LogP contribution in [0.3, 0.4) is 0 Å². The molecular weight excluding hydrogens is 274 g/mol. The van der Waals surface area contributed by atoms with Crippen molar-refractivity contribution in [2.45, 2.75) is 13.0 Å². The second-order valence-corrected chi connectivity index (χ2v) is 4.69. The van der Waals surface area contributed by atoms with Crippen molar-refractivity contribution in [3.8, 4) is 0 Å². The van der Waals surface area contributed by atoms with Crippen LogP contribution < -0.4 is 10.6 Å². The molecule has 2 rings (SSSR count). The molecule has 0 aliphatic heterocycles. The highest BCUT2D eigenvalue weighted by Gasteiger charge is 2.09. The Labute approximate surface area is 122 Å². The van der Waals surface area contributed by atoms with E-state index in [-0.39, 0.29) is 24.2 Å². The van der Waals surface area contributed by atoms with E-state index in [4.69, 9.17) is 0 Å². The first-order valence-corrected chi connectivity index (χ1v) is 6.59. The highest BCUT2D eigenvalue weighted by Crippen LogP contribution is 2.13. The van der Waals surface area contributed by atoms with E-state index in [2.05, 4.69) is 10.6 Å². The molecule has 1 atom stereocenters. The molecule has 0 saturated carbocycles. The standard InChI is InChI=1S/C16H16F2N2O/c1-11(12-5-3-2-4-6-12)19-10-16(21)20-13-7-8-14(17)15(18)9-13/h2-9,11,19H,10H2,1H3,(H,20,21)/t11-/m1/s1. The molecule has 0 aromatic heterocycles. The topological polar surface area (TPSA) is 41.1 Å². The van der Waals surface area contributed by atoms with Gasteiger partial charge in [-0.2, -0.15) is 0 Å². The molecule has 5 heteroatoms. The number of carbonyl (C=O) groups is 1. The number of hydrogen-bond donors (Lipinski definition) is 2. The number of benzene rings is 2. The quantitative estimate of drug-likeness (QED) is 0.887. The lowest BCUT2D eigenvalue weighted by atomic mass is 10.1. The summed E-state index contributed by atoms with van der Waals surface area (Å²) in [5.74, 6) is -2.24. The maximum absolute atomic E-state index is 13.0. The van der Waals surface area contributed by atoms with Crippen molar-refractivity contribution in [1.29, 1.82) is 0 Å². The van der Waals surface area contributed by atoms with Gasteiger partial charge in [0.1, 0.15) is 0 Å². The van der Waals surface area contributed by atoms with E-state index < -0.39 is 11.6 Å². The minimum absolute atomic E-state index is 0.0157. The first kappa shape index (κ1) is 15.1. The van der Waals surface area contributed by atoms with Crippen molar-refractivity contribution in [1.82, 2.24) is 5.32 Å². The van der Waals surface area contributed by atoms with Gasteiger partial charge in [0, 0.05) is 17.8 Å². The zero-order valence-electron chi connectivity index (χ0n) is 11.6. The lowest BCUT2D eigenvalue weighted by molar-refractivity contribution is -0.115. The lowest BCUT2D eigenvalue weighted by Gasteiger charge is -2.14. The summed E-state index contributed by atoms with van der Waals surface area (Å²) in [5.41, 5.74) is 1.30. The van der Waals surface area contributed by atoms with Gasteiger partial charge in [-0.1, -0.05) is 30.3 Å². The van der Waals surface area contributed by atoms with Crippen LogP contribution in [0, 0.1) is 11.6 Å². The van der Waals surface area contributed by atoms with Gasteiger partial charge in [0.05, 0.1) is 6.54 Å². The van der Waals surface area contributed by atoms with Crippen molar-refractivity contribution in [3.63, 3.8) is 0 Å². The SMILES string of the molecule is C[C@@H](NCC(=O)Nc1ccc(F)c(F)c1)c1ccccc1. The van der Waals surface area contributed by atoms with Gasteiger partial charge < -0.3 is 10.6 Å². The molecule has 0 fully saturated rings. The molecular formula is C16H16F2N2O.